The van der Waals surface area contributed by atoms with Crippen LogP contribution in [0.1, 0.15) is 44.2 Å². The van der Waals surface area contributed by atoms with Gasteiger partial charge in [-0.3, -0.25) is 4.79 Å². The predicted octanol–water partition coefficient (Wildman–Crippen LogP) is 2.16. The highest BCUT2D eigenvalue weighted by molar-refractivity contribution is 7.15. The van der Waals surface area contributed by atoms with Crippen LogP contribution in [0.25, 0.3) is 0 Å². The molecule has 5 nitrogen and oxygen atoms in total. The molecule has 1 aromatic rings. The van der Waals surface area contributed by atoms with Gasteiger partial charge in [-0.05, 0) is 25.2 Å². The van der Waals surface area contributed by atoms with Crippen LogP contribution in [-0.4, -0.2) is 16.7 Å². The van der Waals surface area contributed by atoms with E-state index in [-0.39, 0.29) is 11.4 Å². The maximum Gasteiger partial charge on any atom is 0.212 e. The van der Waals surface area contributed by atoms with E-state index >= 15 is 0 Å². The van der Waals surface area contributed by atoms with Crippen molar-refractivity contribution in [1.82, 2.24) is 4.98 Å². The number of carbonyl (C=O) groups is 1. The van der Waals surface area contributed by atoms with E-state index in [2.05, 4.69) is 9.98 Å². The van der Waals surface area contributed by atoms with Crippen molar-refractivity contribution in [1.29, 1.82) is 0 Å². The molecule has 2 rings (SSSR count). The highest BCUT2D eigenvalue weighted by atomic mass is 32.1. The number of ketones is 1. The van der Waals surface area contributed by atoms with E-state index in [1.54, 1.807) is 0 Å². The Morgan fingerprint density at radius 1 is 1.45 bits per heavy atom. The lowest BCUT2D eigenvalue weighted by atomic mass is 9.80. The number of rotatable bonds is 3. The second-order valence-electron chi connectivity index (χ2n) is 6.39. The molecule has 0 unspecified atom stereocenters. The van der Waals surface area contributed by atoms with Gasteiger partial charge < -0.3 is 11.5 Å². The molecule has 1 aromatic heterocycles. The van der Waals surface area contributed by atoms with Crippen molar-refractivity contribution in [2.45, 2.75) is 46.5 Å². The van der Waals surface area contributed by atoms with Crippen LogP contribution in [0, 0.1) is 11.3 Å². The molecule has 0 fully saturated rings. The average molecular weight is 294 g/mol. The Bertz CT molecular complexity index is 538. The van der Waals surface area contributed by atoms with Crippen molar-refractivity contribution in [3.63, 3.8) is 0 Å². The van der Waals surface area contributed by atoms with E-state index in [1.165, 1.54) is 16.2 Å². The first-order valence-electron chi connectivity index (χ1n) is 6.87. The summed E-state index contributed by atoms with van der Waals surface area (Å²) < 4.78 is 0. The van der Waals surface area contributed by atoms with Crippen LogP contribution in [0.4, 0.5) is 5.13 Å². The molecule has 0 saturated heterocycles. The second kappa shape index (κ2) is 5.52. The van der Waals surface area contributed by atoms with Gasteiger partial charge in [-0.1, -0.05) is 32.1 Å². The number of aliphatic imine (C=N–C) groups is 1. The van der Waals surface area contributed by atoms with Crippen molar-refractivity contribution in [3.8, 4) is 0 Å². The lowest BCUT2D eigenvalue weighted by molar-refractivity contribution is -0.127. The normalized spacial score (nSPS) is 18.4. The van der Waals surface area contributed by atoms with Gasteiger partial charge in [0.05, 0.1) is 5.69 Å². The first-order valence-corrected chi connectivity index (χ1v) is 7.69. The van der Waals surface area contributed by atoms with Gasteiger partial charge in [0.25, 0.3) is 0 Å². The molecule has 1 atom stereocenters. The molecule has 0 bridgehead atoms. The third kappa shape index (κ3) is 3.56. The van der Waals surface area contributed by atoms with E-state index in [4.69, 9.17) is 11.5 Å². The quantitative estimate of drug-likeness (QED) is 0.659. The second-order valence-corrected chi connectivity index (χ2v) is 7.45. The van der Waals surface area contributed by atoms with Gasteiger partial charge in [0.1, 0.15) is 5.78 Å². The number of aryl methyl sites for hydroxylation is 1. The monoisotopic (exact) mass is 294 g/mol. The molecule has 110 valence electrons. The topological polar surface area (TPSA) is 94.4 Å². The molecule has 0 amide bonds. The van der Waals surface area contributed by atoms with Crippen molar-refractivity contribution in [3.05, 3.63) is 10.6 Å². The molecule has 20 heavy (non-hydrogen) atoms. The van der Waals surface area contributed by atoms with E-state index in [1.807, 2.05) is 20.8 Å². The van der Waals surface area contributed by atoms with Gasteiger partial charge in [-0.15, -0.1) is 0 Å². The van der Waals surface area contributed by atoms with Gasteiger partial charge in [-0.25, -0.2) is 4.98 Å². The van der Waals surface area contributed by atoms with Crippen LogP contribution in [-0.2, 0) is 17.6 Å². The van der Waals surface area contributed by atoms with Gasteiger partial charge in [0.2, 0.25) is 5.13 Å². The van der Waals surface area contributed by atoms with Crippen molar-refractivity contribution < 1.29 is 4.79 Å². The zero-order valence-corrected chi connectivity index (χ0v) is 13.1. The summed E-state index contributed by atoms with van der Waals surface area (Å²) in [5, 5.41) is 0.623. The molecule has 1 aliphatic carbocycles. The Labute approximate surface area is 123 Å². The molecule has 1 heterocycles. The molecule has 4 N–H and O–H groups in total. The fourth-order valence-corrected chi connectivity index (χ4v) is 3.44. The molecular weight excluding hydrogens is 272 g/mol. The van der Waals surface area contributed by atoms with E-state index in [9.17, 15) is 4.79 Å². The molecule has 0 aliphatic heterocycles. The number of hydrogen-bond acceptors (Lipinski definition) is 4. The van der Waals surface area contributed by atoms with Crippen LogP contribution in [0.2, 0.25) is 0 Å². The predicted molar refractivity (Wildman–Crippen MR) is 82.2 cm³/mol. The number of carbonyl (C=O) groups excluding carboxylic acids is 1. The molecular formula is C14H22N4OS. The Balaban J connectivity index is 2.06. The van der Waals surface area contributed by atoms with Gasteiger partial charge in [0.15, 0.2) is 5.96 Å². The minimum atomic E-state index is -0.253. The summed E-state index contributed by atoms with van der Waals surface area (Å²) in [4.78, 5) is 21.8. The van der Waals surface area contributed by atoms with E-state index in [0.717, 1.165) is 25.0 Å². The molecule has 1 aliphatic rings. The maximum absolute atomic E-state index is 12.1. The first kappa shape index (κ1) is 15.0. The van der Waals surface area contributed by atoms with Crippen molar-refractivity contribution in [2.24, 2.45) is 27.8 Å². The zero-order chi connectivity index (χ0) is 14.9. The molecule has 0 radical (unpaired) electrons. The minimum absolute atomic E-state index is 0.0376. The molecule has 0 saturated carbocycles. The van der Waals surface area contributed by atoms with Gasteiger partial charge in [-0.2, -0.15) is 4.99 Å². The molecule has 0 aromatic carbocycles. The lowest BCUT2D eigenvalue weighted by Crippen LogP contribution is -2.25. The Morgan fingerprint density at radius 3 is 2.75 bits per heavy atom. The number of aromatic nitrogens is 1. The Hall–Kier alpha value is -1.43. The number of fused-ring (bicyclic) bond motifs is 1. The summed E-state index contributed by atoms with van der Waals surface area (Å²) in [6.07, 6.45) is 3.49. The standard InChI is InChI=1S/C14H22N4OS/c1-14(2,3)11(19)7-8-4-5-9-10(6-8)20-13(17-9)18-12(15)16/h8H,4-7H2,1-3H3,(H4,15,16,17,18)/t8-/m1/s1. The highest BCUT2D eigenvalue weighted by Crippen LogP contribution is 2.35. The largest absolute Gasteiger partial charge is 0.370 e. The minimum Gasteiger partial charge on any atom is -0.370 e. The average Bonchev–Trinajstić information content (AvgIpc) is 2.67. The Kier molecular flexibility index (Phi) is 4.13. The Morgan fingerprint density at radius 2 is 2.15 bits per heavy atom. The van der Waals surface area contributed by atoms with Crippen LogP contribution in [0.15, 0.2) is 4.99 Å². The van der Waals surface area contributed by atoms with Crippen molar-refractivity contribution >= 4 is 28.2 Å². The summed E-state index contributed by atoms with van der Waals surface area (Å²) in [7, 11) is 0. The lowest BCUT2D eigenvalue weighted by Gasteiger charge is -2.24. The van der Waals surface area contributed by atoms with Crippen LogP contribution in [0.3, 0.4) is 0 Å². The summed E-state index contributed by atoms with van der Waals surface area (Å²) in [6.45, 7) is 5.94. The fourth-order valence-electron chi connectivity index (χ4n) is 2.33. The van der Waals surface area contributed by atoms with Crippen molar-refractivity contribution in [2.75, 3.05) is 0 Å². The number of nitrogens with two attached hydrogens (primary N) is 2. The van der Waals surface area contributed by atoms with Crippen LogP contribution < -0.4 is 11.5 Å². The highest BCUT2D eigenvalue weighted by Gasteiger charge is 2.28. The smallest absolute Gasteiger partial charge is 0.212 e. The number of nitrogens with zero attached hydrogens (tertiary/aromatic N) is 2. The summed E-state index contributed by atoms with van der Waals surface area (Å²) >= 11 is 1.53. The van der Waals surface area contributed by atoms with Crippen LogP contribution >= 0.6 is 11.3 Å². The van der Waals surface area contributed by atoms with Gasteiger partial charge in [0, 0.05) is 16.7 Å². The maximum atomic E-state index is 12.1. The summed E-state index contributed by atoms with van der Waals surface area (Å²) in [6, 6.07) is 0. The third-order valence-corrected chi connectivity index (χ3v) is 4.58. The fraction of sp³-hybridized carbons (Fsp3) is 0.643. The molecule has 6 heteroatoms. The number of hydrogen-bond donors (Lipinski definition) is 2. The van der Waals surface area contributed by atoms with Gasteiger partial charge >= 0.3 is 0 Å². The van der Waals surface area contributed by atoms with Crippen LogP contribution in [0.5, 0.6) is 0 Å². The van der Waals surface area contributed by atoms with E-state index in [0.29, 0.717) is 23.3 Å². The first-order chi connectivity index (χ1) is 9.25. The van der Waals surface area contributed by atoms with E-state index < -0.39 is 0 Å². The number of guanidine groups is 1. The molecule has 0 spiro atoms. The zero-order valence-electron chi connectivity index (χ0n) is 12.3. The summed E-state index contributed by atoms with van der Waals surface area (Å²) in [5.74, 6) is 0.789. The SMILES string of the molecule is CC(C)(C)C(=O)C[C@@H]1CCc2nc(N=C(N)N)sc2C1. The summed E-state index contributed by atoms with van der Waals surface area (Å²) in [5.41, 5.74) is 11.6. The number of Topliss-reactive ketones (excluding diaryl/α,β-unsaturated/α-hetero) is 1. The third-order valence-electron chi connectivity index (χ3n) is 3.57. The number of thiazole rings is 1.